The topological polar surface area (TPSA) is 82.1 Å². The van der Waals surface area contributed by atoms with Crippen molar-refractivity contribution in [1.82, 2.24) is 0 Å². The zero-order valence-electron chi connectivity index (χ0n) is 13.0. The number of para-hydroxylation sites is 1. The van der Waals surface area contributed by atoms with Crippen LogP contribution in [0.2, 0.25) is 0 Å². The zero-order chi connectivity index (χ0) is 17.0. The average molecular weight is 316 g/mol. The van der Waals surface area contributed by atoms with Gasteiger partial charge in [-0.3, -0.25) is 9.59 Å². The molecule has 0 saturated carbocycles. The molecule has 0 unspecified atom stereocenters. The summed E-state index contributed by atoms with van der Waals surface area (Å²) in [6.45, 7) is 0. The Morgan fingerprint density at radius 3 is 2.22 bits per heavy atom. The standard InChI is InChI=1S/C17H16O6/c1-21-13-8-10(9-18)14(17(23-3)16(13)22-2)15(20)11-6-4-5-7-12(11)19/h4-9,19H,1-3H3. The molecule has 2 aromatic rings. The normalized spacial score (nSPS) is 10.0. The Bertz CT molecular complexity index is 751. The Labute approximate surface area is 133 Å². The number of carbonyl (C=O) groups is 2. The van der Waals surface area contributed by atoms with Gasteiger partial charge in [-0.1, -0.05) is 12.1 Å². The molecule has 0 bridgehead atoms. The molecule has 6 heteroatoms. The molecule has 0 aliphatic heterocycles. The summed E-state index contributed by atoms with van der Waals surface area (Å²) in [5, 5.41) is 9.89. The molecule has 1 N–H and O–H groups in total. The van der Waals surface area contributed by atoms with E-state index in [-0.39, 0.29) is 39.7 Å². The van der Waals surface area contributed by atoms with E-state index >= 15 is 0 Å². The molecule has 0 fully saturated rings. The Kier molecular flexibility index (Phi) is 4.85. The molecule has 0 heterocycles. The van der Waals surface area contributed by atoms with Gasteiger partial charge in [-0.15, -0.1) is 0 Å². The number of hydrogen-bond acceptors (Lipinski definition) is 6. The summed E-state index contributed by atoms with van der Waals surface area (Å²) < 4.78 is 15.7. The zero-order valence-corrected chi connectivity index (χ0v) is 13.0. The number of ether oxygens (including phenoxy) is 3. The summed E-state index contributed by atoms with van der Waals surface area (Å²) in [5.41, 5.74) is 0.135. The number of methoxy groups -OCH3 is 3. The number of ketones is 1. The molecular weight excluding hydrogens is 300 g/mol. The number of rotatable bonds is 6. The quantitative estimate of drug-likeness (QED) is 0.651. The summed E-state index contributed by atoms with van der Waals surface area (Å²) in [5.74, 6) is -0.212. The van der Waals surface area contributed by atoms with Gasteiger partial charge in [-0.2, -0.15) is 0 Å². The van der Waals surface area contributed by atoms with Crippen molar-refractivity contribution in [2.24, 2.45) is 0 Å². The van der Waals surface area contributed by atoms with Crippen LogP contribution in [0.25, 0.3) is 0 Å². The number of benzene rings is 2. The fourth-order valence-corrected chi connectivity index (χ4v) is 2.30. The summed E-state index contributed by atoms with van der Waals surface area (Å²) >= 11 is 0. The third kappa shape index (κ3) is 2.83. The maximum Gasteiger partial charge on any atom is 0.204 e. The SMILES string of the molecule is COc1cc(C=O)c(C(=O)c2ccccc2O)c(OC)c1OC. The van der Waals surface area contributed by atoms with E-state index in [0.717, 1.165) is 0 Å². The van der Waals surface area contributed by atoms with Crippen LogP contribution in [0.3, 0.4) is 0 Å². The van der Waals surface area contributed by atoms with Crippen molar-refractivity contribution >= 4 is 12.1 Å². The van der Waals surface area contributed by atoms with E-state index in [9.17, 15) is 14.7 Å². The van der Waals surface area contributed by atoms with E-state index in [0.29, 0.717) is 6.29 Å². The minimum Gasteiger partial charge on any atom is -0.507 e. The molecule has 2 rings (SSSR count). The lowest BCUT2D eigenvalue weighted by atomic mass is 9.96. The molecule has 0 aromatic heterocycles. The highest BCUT2D eigenvalue weighted by Crippen LogP contribution is 2.42. The molecule has 0 atom stereocenters. The summed E-state index contributed by atoms with van der Waals surface area (Å²) in [6, 6.07) is 7.45. The van der Waals surface area contributed by atoms with E-state index in [2.05, 4.69) is 0 Å². The number of phenols is 1. The van der Waals surface area contributed by atoms with E-state index in [1.165, 1.54) is 39.5 Å². The van der Waals surface area contributed by atoms with E-state index in [1.807, 2.05) is 0 Å². The monoisotopic (exact) mass is 316 g/mol. The first-order valence-electron chi connectivity index (χ1n) is 6.69. The lowest BCUT2D eigenvalue weighted by molar-refractivity contribution is 0.102. The second-order valence-corrected chi connectivity index (χ2v) is 4.57. The number of phenolic OH excluding ortho intramolecular Hbond substituents is 1. The van der Waals surface area contributed by atoms with Gasteiger partial charge in [0.15, 0.2) is 17.8 Å². The Morgan fingerprint density at radius 2 is 1.70 bits per heavy atom. The van der Waals surface area contributed by atoms with Crippen molar-refractivity contribution in [2.75, 3.05) is 21.3 Å². The fraction of sp³-hybridized carbons (Fsp3) is 0.176. The largest absolute Gasteiger partial charge is 0.507 e. The van der Waals surface area contributed by atoms with Crippen molar-refractivity contribution < 1.29 is 28.9 Å². The lowest BCUT2D eigenvalue weighted by Crippen LogP contribution is -2.10. The molecule has 0 saturated heterocycles. The van der Waals surface area contributed by atoms with Crippen LogP contribution in [-0.4, -0.2) is 38.5 Å². The number of carbonyl (C=O) groups excluding carboxylic acids is 2. The predicted molar refractivity (Wildman–Crippen MR) is 83.0 cm³/mol. The molecule has 23 heavy (non-hydrogen) atoms. The molecule has 2 aromatic carbocycles. The molecule has 120 valence electrons. The van der Waals surface area contributed by atoms with Crippen molar-refractivity contribution in [1.29, 1.82) is 0 Å². The molecule has 0 spiro atoms. The van der Waals surface area contributed by atoms with Crippen molar-refractivity contribution in [3.05, 3.63) is 47.0 Å². The van der Waals surface area contributed by atoms with Gasteiger partial charge < -0.3 is 19.3 Å². The molecule has 0 radical (unpaired) electrons. The van der Waals surface area contributed by atoms with Crippen molar-refractivity contribution in [3.8, 4) is 23.0 Å². The summed E-state index contributed by atoms with van der Waals surface area (Å²) in [7, 11) is 4.17. The van der Waals surface area contributed by atoms with Gasteiger partial charge in [0.1, 0.15) is 5.75 Å². The maximum absolute atomic E-state index is 12.8. The summed E-state index contributed by atoms with van der Waals surface area (Å²) in [6.07, 6.45) is 0.525. The van der Waals surface area contributed by atoms with Gasteiger partial charge in [0, 0.05) is 5.56 Å². The van der Waals surface area contributed by atoms with E-state index in [1.54, 1.807) is 12.1 Å². The molecule has 0 aliphatic rings. The second-order valence-electron chi connectivity index (χ2n) is 4.57. The molecule has 0 aliphatic carbocycles. The van der Waals surface area contributed by atoms with Gasteiger partial charge in [0.25, 0.3) is 0 Å². The maximum atomic E-state index is 12.8. The van der Waals surface area contributed by atoms with Gasteiger partial charge in [-0.05, 0) is 18.2 Å². The highest BCUT2D eigenvalue weighted by atomic mass is 16.5. The van der Waals surface area contributed by atoms with Crippen LogP contribution in [0.5, 0.6) is 23.0 Å². The van der Waals surface area contributed by atoms with Crippen LogP contribution >= 0.6 is 0 Å². The van der Waals surface area contributed by atoms with Crippen LogP contribution in [0.4, 0.5) is 0 Å². The minimum atomic E-state index is -0.553. The van der Waals surface area contributed by atoms with Crippen LogP contribution in [0.1, 0.15) is 26.3 Å². The highest BCUT2D eigenvalue weighted by Gasteiger charge is 2.27. The van der Waals surface area contributed by atoms with Crippen LogP contribution in [0.15, 0.2) is 30.3 Å². The Hall–Kier alpha value is -3.02. The molecule has 0 amide bonds. The van der Waals surface area contributed by atoms with Crippen molar-refractivity contribution in [2.45, 2.75) is 0 Å². The highest BCUT2D eigenvalue weighted by molar-refractivity contribution is 6.16. The van der Waals surface area contributed by atoms with Gasteiger partial charge in [0.05, 0.1) is 32.5 Å². The van der Waals surface area contributed by atoms with Crippen LogP contribution < -0.4 is 14.2 Å². The number of aldehydes is 1. The van der Waals surface area contributed by atoms with E-state index in [4.69, 9.17) is 14.2 Å². The lowest BCUT2D eigenvalue weighted by Gasteiger charge is -2.17. The first-order chi connectivity index (χ1) is 11.1. The fourth-order valence-electron chi connectivity index (χ4n) is 2.30. The van der Waals surface area contributed by atoms with E-state index < -0.39 is 5.78 Å². The smallest absolute Gasteiger partial charge is 0.204 e. The Balaban J connectivity index is 2.77. The third-order valence-electron chi connectivity index (χ3n) is 3.36. The van der Waals surface area contributed by atoms with Gasteiger partial charge in [-0.25, -0.2) is 0 Å². The average Bonchev–Trinajstić information content (AvgIpc) is 2.59. The number of hydrogen-bond donors (Lipinski definition) is 1. The second kappa shape index (κ2) is 6.83. The van der Waals surface area contributed by atoms with Crippen LogP contribution in [0, 0.1) is 0 Å². The van der Waals surface area contributed by atoms with Crippen LogP contribution in [-0.2, 0) is 0 Å². The van der Waals surface area contributed by atoms with Crippen molar-refractivity contribution in [3.63, 3.8) is 0 Å². The third-order valence-corrected chi connectivity index (χ3v) is 3.36. The first kappa shape index (κ1) is 16.4. The summed E-state index contributed by atoms with van der Waals surface area (Å²) in [4.78, 5) is 24.2. The number of aromatic hydroxyl groups is 1. The molecular formula is C17H16O6. The Morgan fingerprint density at radius 1 is 1.04 bits per heavy atom. The van der Waals surface area contributed by atoms with Gasteiger partial charge in [0.2, 0.25) is 11.5 Å². The molecule has 6 nitrogen and oxygen atoms in total. The first-order valence-corrected chi connectivity index (χ1v) is 6.69. The van der Waals surface area contributed by atoms with Gasteiger partial charge >= 0.3 is 0 Å². The minimum absolute atomic E-state index is 0.00153. The predicted octanol–water partition coefficient (Wildman–Crippen LogP) is 2.46.